The summed E-state index contributed by atoms with van der Waals surface area (Å²) in [6, 6.07) is 4.45. The summed E-state index contributed by atoms with van der Waals surface area (Å²) in [7, 11) is 6.89. The Morgan fingerprint density at radius 1 is 1.10 bits per heavy atom. The average molecular weight is 433 g/mol. The number of nitrogens with one attached hydrogen (secondary N) is 1. The summed E-state index contributed by atoms with van der Waals surface area (Å²) < 4.78 is 16.1. The Labute approximate surface area is 183 Å². The van der Waals surface area contributed by atoms with E-state index in [4.69, 9.17) is 14.2 Å². The van der Waals surface area contributed by atoms with Gasteiger partial charge in [-0.25, -0.2) is 9.59 Å². The number of hydrogen-bond donors (Lipinski definition) is 1. The number of esters is 1. The topological polar surface area (TPSA) is 83.6 Å². The maximum atomic E-state index is 13.1. The van der Waals surface area contributed by atoms with E-state index in [0.29, 0.717) is 29.3 Å². The van der Waals surface area contributed by atoms with E-state index in [1.807, 2.05) is 6.07 Å². The molecule has 1 saturated heterocycles. The number of methoxy groups -OCH3 is 2. The lowest BCUT2D eigenvalue weighted by Crippen LogP contribution is -2.51. The van der Waals surface area contributed by atoms with Crippen LogP contribution in [0.3, 0.4) is 0 Å². The first-order valence-electron chi connectivity index (χ1n) is 10.5. The lowest BCUT2D eigenvalue weighted by atomic mass is 9.94. The minimum Gasteiger partial charge on any atom is -0.493 e. The van der Waals surface area contributed by atoms with E-state index in [1.54, 1.807) is 40.3 Å². The fourth-order valence-corrected chi connectivity index (χ4v) is 3.90. The Morgan fingerprint density at radius 3 is 2.39 bits per heavy atom. The zero-order valence-corrected chi connectivity index (χ0v) is 18.9. The summed E-state index contributed by atoms with van der Waals surface area (Å²) in [5.41, 5.74) is 1.82. The first-order chi connectivity index (χ1) is 14.9. The molecule has 1 atom stereocenters. The molecule has 1 N–H and O–H groups in total. The summed E-state index contributed by atoms with van der Waals surface area (Å²) in [5, 5.41) is 2.94. The Morgan fingerprint density at radius 2 is 1.77 bits per heavy atom. The molecule has 9 heteroatoms. The maximum absolute atomic E-state index is 13.1. The summed E-state index contributed by atoms with van der Waals surface area (Å²) in [4.78, 5) is 31.9. The van der Waals surface area contributed by atoms with Crippen molar-refractivity contribution in [2.24, 2.45) is 0 Å². The molecule has 0 radical (unpaired) electrons. The van der Waals surface area contributed by atoms with Gasteiger partial charge in [-0.05, 0) is 31.7 Å². The van der Waals surface area contributed by atoms with Crippen LogP contribution in [0.2, 0.25) is 0 Å². The summed E-state index contributed by atoms with van der Waals surface area (Å²) >= 11 is 0. The van der Waals surface area contributed by atoms with Gasteiger partial charge >= 0.3 is 12.0 Å². The molecule has 2 aliphatic heterocycles. The normalized spacial score (nSPS) is 20.5. The molecule has 1 fully saturated rings. The highest BCUT2D eigenvalue weighted by Gasteiger charge is 2.37. The minimum atomic E-state index is -0.648. The van der Waals surface area contributed by atoms with Gasteiger partial charge in [0.25, 0.3) is 0 Å². The van der Waals surface area contributed by atoms with Gasteiger partial charge in [-0.15, -0.1) is 0 Å². The molecule has 0 spiro atoms. The Balaban J connectivity index is 2.05. The average Bonchev–Trinajstić information content (AvgIpc) is 2.77. The smallest absolute Gasteiger partial charge is 0.338 e. The molecule has 31 heavy (non-hydrogen) atoms. The Bertz CT molecular complexity index is 848. The standard InChI is InChI=1S/C22H32N4O5/c1-6-31-21(27)19-16(14-26-11-9-24(2)10-12-26)25(3)22(28)23-20(19)15-7-8-17(29-4)18(13-15)30-5/h7-8,13,20H,6,9-12,14H2,1-5H3,(H,23,28)/t20-/m0/s1. The van der Waals surface area contributed by atoms with Crippen LogP contribution in [-0.2, 0) is 9.53 Å². The number of carbonyl (C=O) groups is 2. The summed E-state index contributed by atoms with van der Waals surface area (Å²) in [5.74, 6) is 0.667. The number of amides is 2. The van der Waals surface area contributed by atoms with Gasteiger partial charge < -0.3 is 24.4 Å². The number of rotatable bonds is 7. The first kappa shape index (κ1) is 22.9. The van der Waals surface area contributed by atoms with Crippen molar-refractivity contribution < 1.29 is 23.8 Å². The van der Waals surface area contributed by atoms with E-state index in [1.165, 1.54) is 4.90 Å². The van der Waals surface area contributed by atoms with E-state index in [9.17, 15) is 9.59 Å². The van der Waals surface area contributed by atoms with Gasteiger partial charge in [0.2, 0.25) is 0 Å². The van der Waals surface area contributed by atoms with Gasteiger partial charge in [-0.1, -0.05) is 6.07 Å². The second kappa shape index (κ2) is 10.0. The molecule has 2 aliphatic rings. The van der Waals surface area contributed by atoms with Gasteiger partial charge in [-0.3, -0.25) is 9.80 Å². The highest BCUT2D eigenvalue weighted by atomic mass is 16.5. The highest BCUT2D eigenvalue weighted by molar-refractivity contribution is 5.95. The van der Waals surface area contributed by atoms with Crippen LogP contribution in [0.1, 0.15) is 18.5 Å². The Kier molecular flexibility index (Phi) is 7.40. The van der Waals surface area contributed by atoms with Gasteiger partial charge in [0.1, 0.15) is 0 Å². The molecule has 1 aromatic carbocycles. The van der Waals surface area contributed by atoms with Crippen LogP contribution in [0.4, 0.5) is 4.79 Å². The van der Waals surface area contributed by atoms with Crippen molar-refractivity contribution in [2.45, 2.75) is 13.0 Å². The SMILES string of the molecule is CCOC(=O)C1=C(CN2CCN(C)CC2)N(C)C(=O)N[C@H]1c1ccc(OC)c(OC)c1. The van der Waals surface area contributed by atoms with Gasteiger partial charge in [0, 0.05) is 45.5 Å². The maximum Gasteiger partial charge on any atom is 0.338 e. The van der Waals surface area contributed by atoms with E-state index in [0.717, 1.165) is 31.7 Å². The molecule has 0 aliphatic carbocycles. The predicted molar refractivity (Wildman–Crippen MR) is 116 cm³/mol. The highest BCUT2D eigenvalue weighted by Crippen LogP contribution is 2.36. The van der Waals surface area contributed by atoms with Crippen molar-refractivity contribution in [3.05, 3.63) is 35.0 Å². The molecule has 0 aromatic heterocycles. The van der Waals surface area contributed by atoms with E-state index >= 15 is 0 Å². The van der Waals surface area contributed by atoms with E-state index in [2.05, 4.69) is 22.2 Å². The number of benzene rings is 1. The van der Waals surface area contributed by atoms with Crippen LogP contribution in [0.15, 0.2) is 29.5 Å². The number of carbonyl (C=O) groups excluding carboxylic acids is 2. The van der Waals surface area contributed by atoms with Crippen LogP contribution in [-0.4, -0.2) is 94.3 Å². The zero-order valence-electron chi connectivity index (χ0n) is 18.9. The second-order valence-electron chi connectivity index (χ2n) is 7.72. The predicted octanol–water partition coefficient (Wildman–Crippen LogP) is 1.46. The molecular weight excluding hydrogens is 400 g/mol. The Hall–Kier alpha value is -2.78. The van der Waals surface area contributed by atoms with Crippen molar-refractivity contribution in [3.63, 3.8) is 0 Å². The third-order valence-corrected chi connectivity index (χ3v) is 5.78. The summed E-state index contributed by atoms with van der Waals surface area (Å²) in [6.45, 7) is 6.14. The second-order valence-corrected chi connectivity index (χ2v) is 7.72. The molecule has 2 amide bonds. The lowest BCUT2D eigenvalue weighted by Gasteiger charge is -2.39. The van der Waals surface area contributed by atoms with Crippen molar-refractivity contribution in [3.8, 4) is 11.5 Å². The van der Waals surface area contributed by atoms with Crippen LogP contribution in [0.5, 0.6) is 11.5 Å². The fraction of sp³-hybridized carbons (Fsp3) is 0.545. The number of hydrogen-bond acceptors (Lipinski definition) is 7. The largest absolute Gasteiger partial charge is 0.493 e. The monoisotopic (exact) mass is 432 g/mol. The molecule has 170 valence electrons. The molecule has 3 rings (SSSR count). The third kappa shape index (κ3) is 4.94. The fourth-order valence-electron chi connectivity index (χ4n) is 3.90. The van der Waals surface area contributed by atoms with Crippen molar-refractivity contribution >= 4 is 12.0 Å². The van der Waals surface area contributed by atoms with Crippen molar-refractivity contribution in [1.82, 2.24) is 20.0 Å². The van der Waals surface area contributed by atoms with Crippen LogP contribution in [0.25, 0.3) is 0 Å². The number of piperazine rings is 1. The van der Waals surface area contributed by atoms with Crippen LogP contribution in [0, 0.1) is 0 Å². The van der Waals surface area contributed by atoms with Gasteiger partial charge in [0.05, 0.1) is 32.4 Å². The molecule has 0 unspecified atom stereocenters. The lowest BCUT2D eigenvalue weighted by molar-refractivity contribution is -0.139. The van der Waals surface area contributed by atoms with Gasteiger partial charge in [0.15, 0.2) is 11.5 Å². The zero-order chi connectivity index (χ0) is 22.5. The third-order valence-electron chi connectivity index (χ3n) is 5.78. The first-order valence-corrected chi connectivity index (χ1v) is 10.5. The van der Waals surface area contributed by atoms with Crippen LogP contribution < -0.4 is 14.8 Å². The number of nitrogens with zero attached hydrogens (tertiary/aromatic N) is 3. The number of ether oxygens (including phenoxy) is 3. The number of urea groups is 1. The molecule has 9 nitrogen and oxygen atoms in total. The molecular formula is C22H32N4O5. The van der Waals surface area contributed by atoms with Crippen molar-refractivity contribution in [2.75, 3.05) is 67.6 Å². The van der Waals surface area contributed by atoms with E-state index < -0.39 is 12.0 Å². The minimum absolute atomic E-state index is 0.250. The molecule has 0 bridgehead atoms. The molecule has 0 saturated carbocycles. The van der Waals surface area contributed by atoms with E-state index in [-0.39, 0.29) is 12.6 Å². The molecule has 1 aromatic rings. The van der Waals surface area contributed by atoms with Crippen LogP contribution >= 0.6 is 0 Å². The van der Waals surface area contributed by atoms with Gasteiger partial charge in [-0.2, -0.15) is 0 Å². The van der Waals surface area contributed by atoms with Crippen molar-refractivity contribution in [1.29, 1.82) is 0 Å². The number of likely N-dealkylation sites (N-methyl/N-ethyl adjacent to an activating group) is 2. The quantitative estimate of drug-likeness (QED) is 0.653. The molecule has 2 heterocycles. The summed E-state index contributed by atoms with van der Waals surface area (Å²) in [6.07, 6.45) is 0.